The lowest BCUT2D eigenvalue weighted by atomic mass is 10.0. The predicted molar refractivity (Wildman–Crippen MR) is 57.9 cm³/mol. The van der Waals surface area contributed by atoms with Gasteiger partial charge >= 0.3 is 0 Å². The molecule has 16 heavy (non-hydrogen) atoms. The van der Waals surface area contributed by atoms with Gasteiger partial charge in [-0.15, -0.1) is 0 Å². The summed E-state index contributed by atoms with van der Waals surface area (Å²) in [5.74, 6) is 0. The molecule has 0 spiro atoms. The van der Waals surface area contributed by atoms with E-state index in [1.54, 1.807) is 43.4 Å². The van der Waals surface area contributed by atoms with Crippen molar-refractivity contribution in [3.63, 3.8) is 0 Å². The van der Waals surface area contributed by atoms with Crippen LogP contribution in [0.15, 0.2) is 48.7 Å². The predicted octanol–water partition coefficient (Wildman–Crippen LogP) is 3.08. The van der Waals surface area contributed by atoms with Crippen LogP contribution >= 0.6 is 0 Å². The van der Waals surface area contributed by atoms with Gasteiger partial charge in [-0.1, -0.05) is 30.3 Å². The second kappa shape index (κ2) is 4.26. The van der Waals surface area contributed by atoms with E-state index in [0.717, 1.165) is 0 Å². The second-order valence-electron chi connectivity index (χ2n) is 3.34. The number of hydrogen-bond acceptors (Lipinski definition) is 1. The van der Waals surface area contributed by atoms with Gasteiger partial charge in [0.25, 0.3) is 6.08 Å². The van der Waals surface area contributed by atoms with Crippen LogP contribution in [0.4, 0.5) is 8.78 Å². The zero-order chi connectivity index (χ0) is 11.5. The first-order valence-electron chi connectivity index (χ1n) is 4.79. The molecule has 4 heteroatoms. The SMILES string of the molecule is Cn1nccc1C(=C(F)F)c1ccccc1. The lowest BCUT2D eigenvalue weighted by Crippen LogP contribution is -1.99. The highest BCUT2D eigenvalue weighted by Gasteiger charge is 2.14. The van der Waals surface area contributed by atoms with Crippen molar-refractivity contribution in [1.82, 2.24) is 9.78 Å². The van der Waals surface area contributed by atoms with E-state index in [4.69, 9.17) is 0 Å². The third kappa shape index (κ3) is 1.86. The van der Waals surface area contributed by atoms with Gasteiger partial charge in [0.15, 0.2) is 0 Å². The molecule has 2 nitrogen and oxygen atoms in total. The summed E-state index contributed by atoms with van der Waals surface area (Å²) in [6.07, 6.45) is -0.198. The van der Waals surface area contributed by atoms with Crippen LogP contribution in [0.2, 0.25) is 0 Å². The number of aromatic nitrogens is 2. The molecule has 1 aromatic carbocycles. The van der Waals surface area contributed by atoms with Gasteiger partial charge in [-0.25, -0.2) is 0 Å². The van der Waals surface area contributed by atoms with Gasteiger partial charge in [0.05, 0.1) is 11.3 Å². The molecule has 0 aliphatic rings. The van der Waals surface area contributed by atoms with Crippen molar-refractivity contribution < 1.29 is 8.78 Å². The number of halogens is 2. The van der Waals surface area contributed by atoms with Crippen molar-refractivity contribution in [1.29, 1.82) is 0 Å². The van der Waals surface area contributed by atoms with E-state index < -0.39 is 6.08 Å². The quantitative estimate of drug-likeness (QED) is 0.760. The molecule has 2 rings (SSSR count). The van der Waals surface area contributed by atoms with E-state index >= 15 is 0 Å². The lowest BCUT2D eigenvalue weighted by Gasteiger charge is -2.06. The molecule has 0 aliphatic carbocycles. The molecule has 0 atom stereocenters. The van der Waals surface area contributed by atoms with Crippen LogP contribution in [-0.2, 0) is 7.05 Å². The Morgan fingerprint density at radius 3 is 2.31 bits per heavy atom. The smallest absolute Gasteiger partial charge is 0.268 e. The molecule has 0 saturated heterocycles. The topological polar surface area (TPSA) is 17.8 Å². The van der Waals surface area contributed by atoms with Gasteiger partial charge < -0.3 is 0 Å². The molecule has 0 radical (unpaired) electrons. The Balaban J connectivity index is 2.58. The molecule has 0 amide bonds. The van der Waals surface area contributed by atoms with Crippen LogP contribution in [0, 0.1) is 0 Å². The number of benzene rings is 1. The summed E-state index contributed by atoms with van der Waals surface area (Å²) in [5, 5.41) is 3.89. The molecule has 0 aliphatic heterocycles. The highest BCUT2D eigenvalue weighted by Crippen LogP contribution is 2.27. The van der Waals surface area contributed by atoms with Crippen LogP contribution in [-0.4, -0.2) is 9.78 Å². The molecular weight excluding hydrogens is 210 g/mol. The van der Waals surface area contributed by atoms with Gasteiger partial charge in [-0.3, -0.25) is 4.68 Å². The minimum Gasteiger partial charge on any atom is -0.268 e. The maximum absolute atomic E-state index is 13.0. The second-order valence-corrected chi connectivity index (χ2v) is 3.34. The highest BCUT2D eigenvalue weighted by atomic mass is 19.3. The Morgan fingerprint density at radius 2 is 1.81 bits per heavy atom. The van der Waals surface area contributed by atoms with E-state index in [-0.39, 0.29) is 5.57 Å². The third-order valence-corrected chi connectivity index (χ3v) is 2.33. The number of aryl methyl sites for hydroxylation is 1. The molecule has 82 valence electrons. The Hall–Kier alpha value is -1.97. The Morgan fingerprint density at radius 1 is 1.12 bits per heavy atom. The molecule has 0 bridgehead atoms. The fourth-order valence-electron chi connectivity index (χ4n) is 1.58. The fraction of sp³-hybridized carbons (Fsp3) is 0.0833. The average Bonchev–Trinajstić information content (AvgIpc) is 2.66. The van der Waals surface area contributed by atoms with E-state index in [1.165, 1.54) is 10.9 Å². The largest absolute Gasteiger partial charge is 0.280 e. The van der Waals surface area contributed by atoms with Gasteiger partial charge in [0.1, 0.15) is 0 Å². The number of hydrogen-bond donors (Lipinski definition) is 0. The fourth-order valence-corrected chi connectivity index (χ4v) is 1.58. The monoisotopic (exact) mass is 220 g/mol. The molecule has 0 N–H and O–H groups in total. The number of rotatable bonds is 2. The van der Waals surface area contributed by atoms with Gasteiger partial charge in [-0.2, -0.15) is 13.9 Å². The van der Waals surface area contributed by atoms with Crippen molar-refractivity contribution >= 4 is 5.57 Å². The van der Waals surface area contributed by atoms with Crippen molar-refractivity contribution in [2.75, 3.05) is 0 Å². The van der Waals surface area contributed by atoms with Crippen LogP contribution in [0.25, 0.3) is 5.57 Å². The summed E-state index contributed by atoms with van der Waals surface area (Å²) in [5.41, 5.74) is 0.831. The van der Waals surface area contributed by atoms with Crippen LogP contribution in [0.5, 0.6) is 0 Å². The van der Waals surface area contributed by atoms with Crippen molar-refractivity contribution in [2.24, 2.45) is 7.05 Å². The zero-order valence-corrected chi connectivity index (χ0v) is 8.69. The first-order chi connectivity index (χ1) is 7.70. The van der Waals surface area contributed by atoms with Crippen molar-refractivity contribution in [3.05, 3.63) is 59.9 Å². The van der Waals surface area contributed by atoms with Gasteiger partial charge in [0, 0.05) is 13.2 Å². The molecule has 0 saturated carbocycles. The minimum atomic E-state index is -1.70. The van der Waals surface area contributed by atoms with Crippen LogP contribution < -0.4 is 0 Å². The molecular formula is C12H10F2N2. The first-order valence-corrected chi connectivity index (χ1v) is 4.79. The standard InChI is InChI=1S/C12H10F2N2/c1-16-10(7-8-15-16)11(12(13)14)9-5-3-2-4-6-9/h2-8H,1H3. The Labute approximate surface area is 91.8 Å². The summed E-state index contributed by atoms with van der Waals surface area (Å²) in [6, 6.07) is 10.1. The maximum Gasteiger partial charge on any atom is 0.280 e. The van der Waals surface area contributed by atoms with Crippen molar-refractivity contribution in [3.8, 4) is 0 Å². The van der Waals surface area contributed by atoms with Gasteiger partial charge in [-0.05, 0) is 11.6 Å². The Bertz CT molecular complexity index is 511. The lowest BCUT2D eigenvalue weighted by molar-refractivity contribution is 0.425. The van der Waals surface area contributed by atoms with Crippen molar-refractivity contribution in [2.45, 2.75) is 0 Å². The van der Waals surface area contributed by atoms with E-state index in [1.807, 2.05) is 0 Å². The van der Waals surface area contributed by atoms with E-state index in [0.29, 0.717) is 11.3 Å². The minimum absolute atomic E-state index is 0.0689. The molecule has 0 unspecified atom stereocenters. The maximum atomic E-state index is 13.0. The summed E-state index contributed by atoms with van der Waals surface area (Å²) < 4.78 is 27.4. The van der Waals surface area contributed by atoms with Gasteiger partial charge in [0.2, 0.25) is 0 Å². The average molecular weight is 220 g/mol. The zero-order valence-electron chi connectivity index (χ0n) is 8.69. The van der Waals surface area contributed by atoms with Crippen LogP contribution in [0.3, 0.4) is 0 Å². The number of nitrogens with zero attached hydrogens (tertiary/aromatic N) is 2. The highest BCUT2D eigenvalue weighted by molar-refractivity contribution is 5.78. The third-order valence-electron chi connectivity index (χ3n) is 2.33. The normalized spacial score (nSPS) is 10.2. The van der Waals surface area contributed by atoms with Crippen LogP contribution in [0.1, 0.15) is 11.3 Å². The summed E-state index contributed by atoms with van der Waals surface area (Å²) in [6.45, 7) is 0. The van der Waals surface area contributed by atoms with E-state index in [9.17, 15) is 8.78 Å². The molecule has 1 heterocycles. The Kier molecular flexibility index (Phi) is 2.81. The molecule has 2 aromatic rings. The molecule has 1 aromatic heterocycles. The summed E-state index contributed by atoms with van der Waals surface area (Å²) >= 11 is 0. The molecule has 0 fully saturated rings. The first kappa shape index (κ1) is 10.5. The summed E-state index contributed by atoms with van der Waals surface area (Å²) in [4.78, 5) is 0. The summed E-state index contributed by atoms with van der Waals surface area (Å²) in [7, 11) is 1.64. The van der Waals surface area contributed by atoms with E-state index in [2.05, 4.69) is 5.10 Å².